The van der Waals surface area contributed by atoms with E-state index in [2.05, 4.69) is 22.3 Å². The van der Waals surface area contributed by atoms with Crippen LogP contribution in [0.15, 0.2) is 34.4 Å². The molecule has 1 saturated heterocycles. The summed E-state index contributed by atoms with van der Waals surface area (Å²) in [4.78, 5) is 23.1. The number of nitrogens with zero attached hydrogens (tertiary/aromatic N) is 3. The van der Waals surface area contributed by atoms with Crippen molar-refractivity contribution in [3.63, 3.8) is 0 Å². The molecule has 1 amide bonds. The molecular formula is C21H32N6O2. The number of nitrogens with one attached hydrogen (secondary N) is 1. The zero-order chi connectivity index (χ0) is 21.2. The topological polar surface area (TPSA) is 118 Å². The quantitative estimate of drug-likeness (QED) is 0.475. The molecule has 0 unspecified atom stereocenters. The van der Waals surface area contributed by atoms with Gasteiger partial charge in [0.2, 0.25) is 5.91 Å². The van der Waals surface area contributed by atoms with Gasteiger partial charge in [-0.3, -0.25) is 9.79 Å². The number of nitrogens with two attached hydrogens (primary N) is 2. The zero-order valence-corrected chi connectivity index (χ0v) is 17.5. The second-order valence-electron chi connectivity index (χ2n) is 7.07. The van der Waals surface area contributed by atoms with E-state index in [0.29, 0.717) is 6.04 Å². The van der Waals surface area contributed by atoms with E-state index in [9.17, 15) is 4.79 Å². The maximum Gasteiger partial charge on any atom is 0.282 e. The highest BCUT2D eigenvalue weighted by Crippen LogP contribution is 2.23. The van der Waals surface area contributed by atoms with Gasteiger partial charge in [0.25, 0.3) is 6.02 Å². The van der Waals surface area contributed by atoms with Crippen molar-refractivity contribution >= 4 is 29.4 Å². The number of aryl methyl sites for hydroxylation is 1. The molecule has 8 heteroatoms. The number of amidine groups is 1. The van der Waals surface area contributed by atoms with Crippen molar-refractivity contribution in [2.24, 2.45) is 21.5 Å². The molecule has 0 aromatic heterocycles. The van der Waals surface area contributed by atoms with Gasteiger partial charge in [0.1, 0.15) is 6.54 Å². The lowest BCUT2D eigenvalue weighted by Gasteiger charge is -2.26. The predicted octanol–water partition coefficient (Wildman–Crippen LogP) is 1.61. The average Bonchev–Trinajstić information content (AvgIpc) is 2.74. The van der Waals surface area contributed by atoms with Gasteiger partial charge in [0, 0.05) is 23.7 Å². The molecule has 1 aliphatic rings. The molecule has 0 spiro atoms. The fraction of sp³-hybridized carbons (Fsp3) is 0.476. The Labute approximate surface area is 172 Å². The molecule has 1 aliphatic heterocycles. The minimum atomic E-state index is -0.268. The second kappa shape index (κ2) is 11.2. The molecular weight excluding hydrogens is 368 g/mol. The van der Waals surface area contributed by atoms with Crippen LogP contribution in [0.2, 0.25) is 0 Å². The number of hydrogen-bond donors (Lipinski definition) is 3. The average molecular weight is 401 g/mol. The largest absolute Gasteiger partial charge is 0.469 e. The number of rotatable bonds is 7. The number of aliphatic imine (C=N–C) groups is 2. The first kappa shape index (κ1) is 22.4. The van der Waals surface area contributed by atoms with E-state index in [-0.39, 0.29) is 18.5 Å². The van der Waals surface area contributed by atoms with E-state index < -0.39 is 0 Å². The Balaban J connectivity index is 2.13. The summed E-state index contributed by atoms with van der Waals surface area (Å²) in [6, 6.07) is 6.20. The number of allylic oxidation sites excluding steroid dienone is 1. The molecule has 0 atom stereocenters. The monoisotopic (exact) mass is 400 g/mol. The highest BCUT2D eigenvalue weighted by Gasteiger charge is 2.15. The maximum atomic E-state index is 12.2. The van der Waals surface area contributed by atoms with Gasteiger partial charge in [-0.1, -0.05) is 19.1 Å². The van der Waals surface area contributed by atoms with E-state index in [1.165, 1.54) is 7.11 Å². The number of amides is 1. The summed E-state index contributed by atoms with van der Waals surface area (Å²) in [6.45, 7) is 4.04. The summed E-state index contributed by atoms with van der Waals surface area (Å²) in [6.07, 6.45) is 6.27. The highest BCUT2D eigenvalue weighted by atomic mass is 16.5. The van der Waals surface area contributed by atoms with Crippen LogP contribution >= 0.6 is 0 Å². The summed E-state index contributed by atoms with van der Waals surface area (Å²) in [5.41, 5.74) is 14.8. The molecule has 1 aromatic rings. The standard InChI is InChI=1S/C21H32N6O2/c1-4-15-5-6-16(11-19(15)26-20(28)14-25-21(23)29-3)17(12-22)13-24-18-7-9-27(2)10-8-18/h5-6,11-13,18H,4,7-10,14,22H2,1-3H3,(H2,23,25)(H,26,28). The van der Waals surface area contributed by atoms with Crippen molar-refractivity contribution in [2.75, 3.05) is 39.1 Å². The van der Waals surface area contributed by atoms with Crippen molar-refractivity contribution in [2.45, 2.75) is 32.2 Å². The lowest BCUT2D eigenvalue weighted by atomic mass is 10.0. The fourth-order valence-electron chi connectivity index (χ4n) is 3.13. The van der Waals surface area contributed by atoms with Crippen LogP contribution in [0.5, 0.6) is 0 Å². The molecule has 1 fully saturated rings. The van der Waals surface area contributed by atoms with E-state index in [0.717, 1.165) is 54.7 Å². The van der Waals surface area contributed by atoms with Gasteiger partial charge in [-0.25, -0.2) is 4.99 Å². The number of anilines is 1. The van der Waals surface area contributed by atoms with Crippen molar-refractivity contribution in [1.82, 2.24) is 4.90 Å². The number of carbonyl (C=O) groups is 1. The van der Waals surface area contributed by atoms with E-state index in [1.807, 2.05) is 31.3 Å². The molecule has 0 bridgehead atoms. The van der Waals surface area contributed by atoms with Crippen LogP contribution in [-0.4, -0.2) is 62.9 Å². The summed E-state index contributed by atoms with van der Waals surface area (Å²) in [7, 11) is 3.54. The van der Waals surface area contributed by atoms with Gasteiger partial charge in [0.15, 0.2) is 0 Å². The Kier molecular flexibility index (Phi) is 8.67. The van der Waals surface area contributed by atoms with Gasteiger partial charge in [0.05, 0.1) is 13.2 Å². The van der Waals surface area contributed by atoms with Crippen LogP contribution in [0.4, 0.5) is 5.69 Å². The summed E-state index contributed by atoms with van der Waals surface area (Å²) in [5, 5.41) is 2.90. The molecule has 8 nitrogen and oxygen atoms in total. The molecule has 158 valence electrons. The number of ether oxygens (including phenoxy) is 1. The lowest BCUT2D eigenvalue weighted by Crippen LogP contribution is -2.32. The van der Waals surface area contributed by atoms with Crippen LogP contribution in [0.25, 0.3) is 5.57 Å². The van der Waals surface area contributed by atoms with Gasteiger partial charge < -0.3 is 26.4 Å². The van der Waals surface area contributed by atoms with Gasteiger partial charge >= 0.3 is 0 Å². The third-order valence-electron chi connectivity index (χ3n) is 4.98. The molecule has 0 saturated carbocycles. The molecule has 1 heterocycles. The normalized spacial score (nSPS) is 16.9. The minimum Gasteiger partial charge on any atom is -0.469 e. The van der Waals surface area contributed by atoms with Crippen LogP contribution in [0.3, 0.4) is 0 Å². The van der Waals surface area contributed by atoms with Crippen molar-refractivity contribution in [3.05, 3.63) is 35.5 Å². The van der Waals surface area contributed by atoms with E-state index >= 15 is 0 Å². The lowest BCUT2D eigenvalue weighted by molar-refractivity contribution is -0.114. The molecule has 0 aliphatic carbocycles. The fourth-order valence-corrected chi connectivity index (χ4v) is 3.13. The number of piperidine rings is 1. The Bertz CT molecular complexity index is 779. The summed E-state index contributed by atoms with van der Waals surface area (Å²) in [5.74, 6) is -0.268. The molecule has 0 radical (unpaired) electrons. The molecule has 5 N–H and O–H groups in total. The number of methoxy groups -OCH3 is 1. The Morgan fingerprint density at radius 3 is 2.72 bits per heavy atom. The van der Waals surface area contributed by atoms with E-state index in [4.69, 9.17) is 21.2 Å². The van der Waals surface area contributed by atoms with Gasteiger partial charge in [-0.05, 0) is 56.6 Å². The number of benzene rings is 1. The SMILES string of the molecule is CCc1ccc(C(C=NC2CCN(C)CC2)=CN)cc1NC(=O)CN=C(N)OC. The third-order valence-corrected chi connectivity index (χ3v) is 4.98. The van der Waals surface area contributed by atoms with Gasteiger partial charge in [-0.15, -0.1) is 0 Å². The van der Waals surface area contributed by atoms with Crippen LogP contribution in [-0.2, 0) is 16.0 Å². The predicted molar refractivity (Wildman–Crippen MR) is 119 cm³/mol. The molecule has 1 aromatic carbocycles. The number of hydrogen-bond acceptors (Lipinski definition) is 6. The first-order valence-electron chi connectivity index (χ1n) is 9.87. The second-order valence-corrected chi connectivity index (χ2v) is 7.07. The van der Waals surface area contributed by atoms with Crippen LogP contribution in [0.1, 0.15) is 30.9 Å². The zero-order valence-electron chi connectivity index (χ0n) is 17.5. The minimum absolute atomic E-state index is 0.0249. The van der Waals surface area contributed by atoms with Gasteiger partial charge in [-0.2, -0.15) is 0 Å². The Morgan fingerprint density at radius 1 is 1.38 bits per heavy atom. The summed E-state index contributed by atoms with van der Waals surface area (Å²) >= 11 is 0. The first-order chi connectivity index (χ1) is 14.0. The smallest absolute Gasteiger partial charge is 0.282 e. The van der Waals surface area contributed by atoms with Crippen molar-refractivity contribution in [3.8, 4) is 0 Å². The van der Waals surface area contributed by atoms with Crippen LogP contribution in [0, 0.1) is 0 Å². The molecule has 2 rings (SSSR count). The van der Waals surface area contributed by atoms with Crippen molar-refractivity contribution < 1.29 is 9.53 Å². The molecule has 29 heavy (non-hydrogen) atoms. The first-order valence-corrected chi connectivity index (χ1v) is 9.87. The van der Waals surface area contributed by atoms with E-state index in [1.54, 1.807) is 6.20 Å². The summed E-state index contributed by atoms with van der Waals surface area (Å²) < 4.78 is 4.75. The Hall–Kier alpha value is -2.87. The number of carbonyl (C=O) groups excluding carboxylic acids is 1. The number of likely N-dealkylation sites (tertiary alicyclic amines) is 1. The van der Waals surface area contributed by atoms with Crippen LogP contribution < -0.4 is 16.8 Å². The Morgan fingerprint density at radius 2 is 2.10 bits per heavy atom. The highest BCUT2D eigenvalue weighted by molar-refractivity contribution is 6.10. The maximum absolute atomic E-state index is 12.2. The van der Waals surface area contributed by atoms with Crippen molar-refractivity contribution in [1.29, 1.82) is 0 Å². The third kappa shape index (κ3) is 6.90.